The third kappa shape index (κ3) is 3.08. The van der Waals surface area contributed by atoms with Crippen LogP contribution in [0, 0.1) is 11.8 Å². The molecule has 1 aliphatic heterocycles. The Kier molecular flexibility index (Phi) is 3.56. The summed E-state index contributed by atoms with van der Waals surface area (Å²) in [7, 11) is 0. The predicted octanol–water partition coefficient (Wildman–Crippen LogP) is 2.56. The molecule has 4 nitrogen and oxygen atoms in total. The highest BCUT2D eigenvalue weighted by Crippen LogP contribution is 2.32. The van der Waals surface area contributed by atoms with Crippen LogP contribution in [0.25, 0.3) is 0 Å². The van der Waals surface area contributed by atoms with Crippen LogP contribution in [-0.2, 0) is 6.18 Å². The second-order valence-corrected chi connectivity index (χ2v) is 5.21. The first-order valence-corrected chi connectivity index (χ1v) is 6.24. The zero-order valence-corrected chi connectivity index (χ0v) is 10.9. The third-order valence-electron chi connectivity index (χ3n) is 3.51. The van der Waals surface area contributed by atoms with Crippen molar-refractivity contribution >= 4 is 11.8 Å². The molecule has 2 heterocycles. The second-order valence-electron chi connectivity index (χ2n) is 5.21. The first kappa shape index (κ1) is 13.9. The van der Waals surface area contributed by atoms with Gasteiger partial charge in [-0.1, -0.05) is 13.8 Å². The summed E-state index contributed by atoms with van der Waals surface area (Å²) < 4.78 is 38.0. The molecule has 0 radical (unpaired) electrons. The van der Waals surface area contributed by atoms with Crippen molar-refractivity contribution in [3.05, 3.63) is 11.8 Å². The van der Waals surface area contributed by atoms with Crippen LogP contribution in [0.15, 0.2) is 6.07 Å². The minimum absolute atomic E-state index is 0.267. The van der Waals surface area contributed by atoms with Crippen molar-refractivity contribution in [2.24, 2.45) is 11.8 Å². The number of anilines is 2. The van der Waals surface area contributed by atoms with Crippen LogP contribution in [0.2, 0.25) is 0 Å². The molecule has 1 saturated heterocycles. The highest BCUT2D eigenvalue weighted by Gasteiger charge is 2.35. The van der Waals surface area contributed by atoms with Gasteiger partial charge in [0.2, 0.25) is 5.95 Å². The lowest BCUT2D eigenvalue weighted by molar-refractivity contribution is -0.141. The van der Waals surface area contributed by atoms with E-state index in [0.29, 0.717) is 24.9 Å². The van der Waals surface area contributed by atoms with Gasteiger partial charge in [0.15, 0.2) is 5.69 Å². The molecule has 106 valence electrons. The lowest BCUT2D eigenvalue weighted by Gasteiger charge is -2.20. The summed E-state index contributed by atoms with van der Waals surface area (Å²) in [6.45, 7) is 5.65. The van der Waals surface area contributed by atoms with Gasteiger partial charge in [0, 0.05) is 19.2 Å². The average molecular weight is 274 g/mol. The first-order chi connectivity index (χ1) is 8.77. The number of hydrogen-bond acceptors (Lipinski definition) is 4. The quantitative estimate of drug-likeness (QED) is 0.900. The van der Waals surface area contributed by atoms with Gasteiger partial charge in [-0.15, -0.1) is 0 Å². The van der Waals surface area contributed by atoms with Crippen molar-refractivity contribution in [1.29, 1.82) is 0 Å². The summed E-state index contributed by atoms with van der Waals surface area (Å²) in [4.78, 5) is 9.01. The van der Waals surface area contributed by atoms with Crippen LogP contribution in [0.1, 0.15) is 26.0 Å². The Balaban J connectivity index is 2.24. The van der Waals surface area contributed by atoms with Crippen molar-refractivity contribution in [1.82, 2.24) is 9.97 Å². The summed E-state index contributed by atoms with van der Waals surface area (Å²) in [5.74, 6) is 0.914. The highest BCUT2D eigenvalue weighted by molar-refractivity contribution is 5.45. The molecule has 2 N–H and O–H groups in total. The normalized spacial score (nSPS) is 20.3. The van der Waals surface area contributed by atoms with Gasteiger partial charge in [0.25, 0.3) is 0 Å². The highest BCUT2D eigenvalue weighted by atomic mass is 19.4. The van der Waals surface area contributed by atoms with E-state index in [2.05, 4.69) is 23.8 Å². The number of alkyl halides is 3. The zero-order valence-electron chi connectivity index (χ0n) is 10.9. The molecule has 1 aromatic heterocycles. The standard InChI is InChI=1S/C12H17F3N4/c1-7(2)8-3-4-19(6-8)10-5-9(12(13,14)15)17-11(16)18-10/h5,7-8H,3-4,6H2,1-2H3,(H2,16,17,18). The molecular formula is C12H17F3N4. The van der Waals surface area contributed by atoms with Crippen LogP contribution < -0.4 is 10.6 Å². The molecule has 0 aromatic carbocycles. The van der Waals surface area contributed by atoms with Crippen LogP contribution in [0.4, 0.5) is 24.9 Å². The summed E-state index contributed by atoms with van der Waals surface area (Å²) in [5.41, 5.74) is 4.39. The molecular weight excluding hydrogens is 257 g/mol. The Morgan fingerprint density at radius 1 is 1.37 bits per heavy atom. The van der Waals surface area contributed by atoms with Gasteiger partial charge in [-0.3, -0.25) is 0 Å². The maximum Gasteiger partial charge on any atom is 0.433 e. The minimum atomic E-state index is -4.50. The van der Waals surface area contributed by atoms with E-state index in [9.17, 15) is 13.2 Å². The van der Waals surface area contributed by atoms with Gasteiger partial charge in [0.05, 0.1) is 0 Å². The minimum Gasteiger partial charge on any atom is -0.368 e. The van der Waals surface area contributed by atoms with Crippen LogP contribution >= 0.6 is 0 Å². The number of hydrogen-bond donors (Lipinski definition) is 1. The molecule has 0 amide bonds. The first-order valence-electron chi connectivity index (χ1n) is 6.24. The van der Waals surface area contributed by atoms with Crippen LogP contribution in [-0.4, -0.2) is 23.1 Å². The zero-order chi connectivity index (χ0) is 14.2. The van der Waals surface area contributed by atoms with Crippen molar-refractivity contribution in [3.63, 3.8) is 0 Å². The molecule has 1 unspecified atom stereocenters. The summed E-state index contributed by atoms with van der Waals surface area (Å²) in [6, 6.07) is 0.971. The monoisotopic (exact) mass is 274 g/mol. The fourth-order valence-electron chi connectivity index (χ4n) is 2.30. The van der Waals surface area contributed by atoms with Crippen molar-refractivity contribution in [2.45, 2.75) is 26.4 Å². The van der Waals surface area contributed by atoms with Gasteiger partial charge in [0.1, 0.15) is 5.82 Å². The summed E-state index contributed by atoms with van der Waals surface area (Å²) >= 11 is 0. The van der Waals surface area contributed by atoms with Crippen molar-refractivity contribution < 1.29 is 13.2 Å². The van der Waals surface area contributed by atoms with Crippen LogP contribution in [0.5, 0.6) is 0 Å². The average Bonchev–Trinajstić information content (AvgIpc) is 2.76. The summed E-state index contributed by atoms with van der Waals surface area (Å²) in [5, 5.41) is 0. The number of nitrogens with two attached hydrogens (primary N) is 1. The Labute approximate surface area is 109 Å². The Morgan fingerprint density at radius 3 is 2.58 bits per heavy atom. The maximum atomic E-state index is 12.7. The molecule has 2 rings (SSSR count). The molecule has 1 aliphatic rings. The maximum absolute atomic E-state index is 12.7. The van der Waals surface area contributed by atoms with E-state index in [-0.39, 0.29) is 11.8 Å². The largest absolute Gasteiger partial charge is 0.433 e. The Morgan fingerprint density at radius 2 is 2.05 bits per heavy atom. The second kappa shape index (κ2) is 4.86. The number of nitrogen functional groups attached to an aromatic ring is 1. The van der Waals surface area contributed by atoms with Crippen molar-refractivity contribution in [3.8, 4) is 0 Å². The molecule has 1 atom stereocenters. The predicted molar refractivity (Wildman–Crippen MR) is 66.6 cm³/mol. The molecule has 0 aliphatic carbocycles. The fraction of sp³-hybridized carbons (Fsp3) is 0.667. The number of nitrogens with zero attached hydrogens (tertiary/aromatic N) is 3. The number of rotatable bonds is 2. The van der Waals surface area contributed by atoms with E-state index in [4.69, 9.17) is 5.73 Å². The van der Waals surface area contributed by atoms with E-state index in [1.54, 1.807) is 0 Å². The Bertz CT molecular complexity index is 459. The molecule has 0 spiro atoms. The lowest BCUT2D eigenvalue weighted by atomic mass is 9.95. The molecule has 0 saturated carbocycles. The third-order valence-corrected chi connectivity index (χ3v) is 3.51. The topological polar surface area (TPSA) is 55.0 Å². The molecule has 1 aromatic rings. The fourth-order valence-corrected chi connectivity index (χ4v) is 2.30. The van der Waals surface area contributed by atoms with E-state index in [1.165, 1.54) is 0 Å². The molecule has 7 heteroatoms. The van der Waals surface area contributed by atoms with E-state index in [1.807, 2.05) is 4.90 Å². The van der Waals surface area contributed by atoms with Gasteiger partial charge in [-0.2, -0.15) is 18.2 Å². The molecule has 1 fully saturated rings. The number of halogens is 3. The van der Waals surface area contributed by atoms with Gasteiger partial charge in [-0.25, -0.2) is 4.98 Å². The van der Waals surface area contributed by atoms with Gasteiger partial charge < -0.3 is 10.6 Å². The van der Waals surface area contributed by atoms with Crippen LogP contribution in [0.3, 0.4) is 0 Å². The van der Waals surface area contributed by atoms with Crippen molar-refractivity contribution in [2.75, 3.05) is 23.7 Å². The smallest absolute Gasteiger partial charge is 0.368 e. The van der Waals surface area contributed by atoms with E-state index in [0.717, 1.165) is 12.5 Å². The van der Waals surface area contributed by atoms with Gasteiger partial charge >= 0.3 is 6.18 Å². The van der Waals surface area contributed by atoms with E-state index >= 15 is 0 Å². The van der Waals surface area contributed by atoms with Gasteiger partial charge in [-0.05, 0) is 18.3 Å². The SMILES string of the molecule is CC(C)C1CCN(c2cc(C(F)(F)F)nc(N)n2)C1. The lowest BCUT2D eigenvalue weighted by Crippen LogP contribution is -2.24. The molecule has 19 heavy (non-hydrogen) atoms. The summed E-state index contributed by atoms with van der Waals surface area (Å²) in [6.07, 6.45) is -3.54. The Hall–Kier alpha value is -1.53. The van der Waals surface area contributed by atoms with E-state index < -0.39 is 11.9 Å². The number of aromatic nitrogens is 2. The molecule has 0 bridgehead atoms.